The Hall–Kier alpha value is -4.16. The van der Waals surface area contributed by atoms with Gasteiger partial charge in [0, 0.05) is 33.4 Å². The van der Waals surface area contributed by atoms with E-state index in [1.54, 1.807) is 36.4 Å². The normalized spacial score (nSPS) is 11.5. The molecule has 1 atom stereocenters. The predicted molar refractivity (Wildman–Crippen MR) is 143 cm³/mol. The zero-order valence-electron chi connectivity index (χ0n) is 21.1. The third kappa shape index (κ3) is 5.98. The summed E-state index contributed by atoms with van der Waals surface area (Å²) < 4.78 is 14.6. The molecule has 0 aliphatic heterocycles. The number of benzene rings is 2. The zero-order valence-corrected chi connectivity index (χ0v) is 21.9. The Morgan fingerprint density at radius 2 is 1.76 bits per heavy atom. The minimum atomic E-state index is -1.13. The van der Waals surface area contributed by atoms with Crippen LogP contribution in [-0.2, 0) is 9.53 Å². The van der Waals surface area contributed by atoms with Crippen LogP contribution < -0.4 is 31.3 Å². The van der Waals surface area contributed by atoms with Crippen LogP contribution in [0.15, 0.2) is 48.5 Å². The SMILES string of the molecule is COCCNC(=O)C(c1ccc(N(C)C)cc1)N(C(=O)c1snc(C(N)=O)c1N)c1ccccc1OC. The third-order valence-corrected chi connectivity index (χ3v) is 6.41. The van der Waals surface area contributed by atoms with Gasteiger partial charge in [-0.05, 0) is 41.4 Å². The number of para-hydroxylation sites is 2. The molecule has 5 N–H and O–H groups in total. The second kappa shape index (κ2) is 12.2. The second-order valence-corrected chi connectivity index (χ2v) is 8.93. The molecule has 3 rings (SSSR count). The van der Waals surface area contributed by atoms with Crippen molar-refractivity contribution in [3.8, 4) is 5.75 Å². The average molecular weight is 527 g/mol. The molecule has 0 fully saturated rings. The summed E-state index contributed by atoms with van der Waals surface area (Å²) in [5, 5.41) is 2.82. The van der Waals surface area contributed by atoms with Gasteiger partial charge in [-0.15, -0.1) is 0 Å². The largest absolute Gasteiger partial charge is 0.495 e. The van der Waals surface area contributed by atoms with Gasteiger partial charge in [0.1, 0.15) is 16.7 Å². The molecule has 0 spiro atoms. The summed E-state index contributed by atoms with van der Waals surface area (Å²) in [5.41, 5.74) is 12.9. The quantitative estimate of drug-likeness (QED) is 0.321. The number of nitrogens with one attached hydrogen (secondary N) is 1. The van der Waals surface area contributed by atoms with Crippen molar-refractivity contribution in [1.82, 2.24) is 9.69 Å². The maximum Gasteiger partial charge on any atom is 0.273 e. The van der Waals surface area contributed by atoms with Gasteiger partial charge < -0.3 is 31.2 Å². The number of hydrogen-bond donors (Lipinski definition) is 3. The monoisotopic (exact) mass is 526 g/mol. The van der Waals surface area contributed by atoms with E-state index in [9.17, 15) is 14.4 Å². The molecule has 3 amide bonds. The number of methoxy groups -OCH3 is 2. The van der Waals surface area contributed by atoms with Crippen LogP contribution >= 0.6 is 11.5 Å². The van der Waals surface area contributed by atoms with E-state index in [0.29, 0.717) is 17.0 Å². The number of nitrogens with two attached hydrogens (primary N) is 2. The first-order chi connectivity index (χ1) is 17.7. The average Bonchev–Trinajstić information content (AvgIpc) is 3.28. The Labute approximate surface area is 219 Å². The van der Waals surface area contributed by atoms with Crippen molar-refractivity contribution in [3.63, 3.8) is 0 Å². The van der Waals surface area contributed by atoms with Gasteiger partial charge >= 0.3 is 0 Å². The topological polar surface area (TPSA) is 153 Å². The lowest BCUT2D eigenvalue weighted by Gasteiger charge is -2.32. The van der Waals surface area contributed by atoms with Crippen molar-refractivity contribution < 1.29 is 23.9 Å². The fourth-order valence-electron chi connectivity index (χ4n) is 3.68. The standard InChI is InChI=1S/C25H30N6O5S/c1-30(2)16-11-9-15(10-12-16)21(24(33)28-13-14-35-3)31(17-7-5-6-8-18(17)36-4)25(34)22-19(26)20(23(27)32)29-37-22/h5-12,21H,13-14,26H2,1-4H3,(H2,27,32)(H,28,33). The van der Waals surface area contributed by atoms with Gasteiger partial charge in [0.15, 0.2) is 5.69 Å². The molecule has 2 aromatic carbocycles. The Morgan fingerprint density at radius 1 is 1.08 bits per heavy atom. The minimum absolute atomic E-state index is 0.0284. The summed E-state index contributed by atoms with van der Waals surface area (Å²) >= 11 is 0.735. The number of nitrogens with zero attached hydrogens (tertiary/aromatic N) is 3. The van der Waals surface area contributed by atoms with E-state index in [1.807, 2.05) is 31.1 Å². The van der Waals surface area contributed by atoms with Crippen molar-refractivity contribution in [2.24, 2.45) is 5.73 Å². The zero-order chi connectivity index (χ0) is 27.1. The lowest BCUT2D eigenvalue weighted by molar-refractivity contribution is -0.122. The van der Waals surface area contributed by atoms with Gasteiger partial charge in [-0.25, -0.2) is 0 Å². The van der Waals surface area contributed by atoms with Crippen LogP contribution in [0.25, 0.3) is 0 Å². The smallest absolute Gasteiger partial charge is 0.273 e. The van der Waals surface area contributed by atoms with Gasteiger partial charge in [0.2, 0.25) is 5.91 Å². The fraction of sp³-hybridized carbons (Fsp3) is 0.280. The first kappa shape index (κ1) is 27.4. The number of carbonyl (C=O) groups excluding carboxylic acids is 3. The van der Waals surface area contributed by atoms with E-state index in [1.165, 1.54) is 19.1 Å². The minimum Gasteiger partial charge on any atom is -0.495 e. The number of carbonyl (C=O) groups is 3. The van der Waals surface area contributed by atoms with Crippen molar-refractivity contribution >= 4 is 46.3 Å². The molecule has 0 aliphatic rings. The van der Waals surface area contributed by atoms with E-state index >= 15 is 0 Å². The molecule has 0 aliphatic carbocycles. The first-order valence-corrected chi connectivity index (χ1v) is 12.0. The molecule has 0 saturated heterocycles. The van der Waals surface area contributed by atoms with E-state index in [2.05, 4.69) is 9.69 Å². The van der Waals surface area contributed by atoms with Crippen molar-refractivity contribution in [2.75, 3.05) is 57.0 Å². The van der Waals surface area contributed by atoms with Gasteiger partial charge in [-0.3, -0.25) is 19.3 Å². The highest BCUT2D eigenvalue weighted by molar-refractivity contribution is 7.09. The molecule has 11 nitrogen and oxygen atoms in total. The van der Waals surface area contributed by atoms with Crippen molar-refractivity contribution in [2.45, 2.75) is 6.04 Å². The Morgan fingerprint density at radius 3 is 2.32 bits per heavy atom. The van der Waals surface area contributed by atoms with Crippen LogP contribution in [0.3, 0.4) is 0 Å². The van der Waals surface area contributed by atoms with Gasteiger partial charge in [-0.1, -0.05) is 24.3 Å². The Balaban J connectivity index is 2.22. The van der Waals surface area contributed by atoms with Gasteiger partial charge in [0.25, 0.3) is 11.8 Å². The number of aromatic nitrogens is 1. The van der Waals surface area contributed by atoms with Crippen LogP contribution in [0, 0.1) is 0 Å². The number of primary amides is 1. The summed E-state index contributed by atoms with van der Waals surface area (Å²) in [6.07, 6.45) is 0. The predicted octanol–water partition coefficient (Wildman–Crippen LogP) is 2.05. The van der Waals surface area contributed by atoms with Gasteiger partial charge in [-0.2, -0.15) is 4.37 Å². The maximum absolute atomic E-state index is 14.1. The van der Waals surface area contributed by atoms with Crippen LogP contribution in [0.4, 0.5) is 17.1 Å². The summed E-state index contributed by atoms with van der Waals surface area (Å²) in [5.74, 6) is -1.60. The summed E-state index contributed by atoms with van der Waals surface area (Å²) in [4.78, 5) is 42.7. The fourth-order valence-corrected chi connectivity index (χ4v) is 4.42. The summed E-state index contributed by atoms with van der Waals surface area (Å²) in [7, 11) is 6.79. The van der Waals surface area contributed by atoms with Crippen LogP contribution in [0.1, 0.15) is 31.8 Å². The molecule has 3 aromatic rings. The molecular formula is C25H30N6O5S. The maximum atomic E-state index is 14.1. The molecule has 0 saturated carbocycles. The van der Waals surface area contributed by atoms with E-state index < -0.39 is 23.8 Å². The van der Waals surface area contributed by atoms with Gasteiger partial charge in [0.05, 0.1) is 25.1 Å². The number of amides is 3. The molecule has 0 radical (unpaired) electrons. The number of rotatable bonds is 11. The lowest BCUT2D eigenvalue weighted by Crippen LogP contribution is -2.45. The molecule has 0 bridgehead atoms. The first-order valence-electron chi connectivity index (χ1n) is 11.3. The molecular weight excluding hydrogens is 496 g/mol. The van der Waals surface area contributed by atoms with Crippen molar-refractivity contribution in [1.29, 1.82) is 0 Å². The number of anilines is 3. The number of hydrogen-bond acceptors (Lipinski definition) is 9. The van der Waals surface area contributed by atoms with Crippen molar-refractivity contribution in [3.05, 3.63) is 64.7 Å². The Kier molecular flexibility index (Phi) is 9.04. The van der Waals surface area contributed by atoms with E-state index in [4.69, 9.17) is 20.9 Å². The van der Waals surface area contributed by atoms with Crippen LogP contribution in [0.5, 0.6) is 5.75 Å². The molecule has 196 valence electrons. The van der Waals surface area contributed by atoms with E-state index in [0.717, 1.165) is 17.2 Å². The summed E-state index contributed by atoms with van der Waals surface area (Å²) in [6, 6.07) is 12.9. The molecule has 1 heterocycles. The highest BCUT2D eigenvalue weighted by Crippen LogP contribution is 2.38. The number of ether oxygens (including phenoxy) is 2. The Bertz CT molecular complexity index is 1260. The highest BCUT2D eigenvalue weighted by Gasteiger charge is 2.37. The highest BCUT2D eigenvalue weighted by atomic mass is 32.1. The third-order valence-electron chi connectivity index (χ3n) is 5.56. The summed E-state index contributed by atoms with van der Waals surface area (Å²) in [6.45, 7) is 0.508. The molecule has 12 heteroatoms. The molecule has 1 aromatic heterocycles. The molecule has 37 heavy (non-hydrogen) atoms. The van der Waals surface area contributed by atoms with Crippen LogP contribution in [0.2, 0.25) is 0 Å². The second-order valence-electron chi connectivity index (χ2n) is 8.16. The van der Waals surface area contributed by atoms with Crippen LogP contribution in [-0.4, -0.2) is 63.6 Å². The van der Waals surface area contributed by atoms with E-state index in [-0.39, 0.29) is 29.4 Å². The lowest BCUT2D eigenvalue weighted by atomic mass is 10.0. The number of nitrogen functional groups attached to an aromatic ring is 1. The molecule has 1 unspecified atom stereocenters.